The number of aromatic amines is 1. The van der Waals surface area contributed by atoms with Gasteiger partial charge in [0, 0.05) is 34.7 Å². The number of benzene rings is 2. The van der Waals surface area contributed by atoms with Crippen LogP contribution in [0.15, 0.2) is 30.5 Å². The number of para-hydroxylation sites is 1. The monoisotopic (exact) mass is 503 g/mol. The van der Waals surface area contributed by atoms with E-state index >= 15 is 8.78 Å². The molecule has 2 unspecified atom stereocenters. The average molecular weight is 504 g/mol. The number of hydrogen-bond acceptors (Lipinski definition) is 3. The van der Waals surface area contributed by atoms with E-state index in [-0.39, 0.29) is 17.3 Å². The minimum absolute atomic E-state index is 0.0287. The fraction of sp³-hybridized carbons (Fsp3) is 0.444. The predicted octanol–water partition coefficient (Wildman–Crippen LogP) is 7.75. The fourth-order valence-electron chi connectivity index (χ4n) is 5.15. The molecular formula is C27H32ClF2N3O2. The molecule has 3 atom stereocenters. The maximum atomic E-state index is 15.4. The summed E-state index contributed by atoms with van der Waals surface area (Å²) >= 11 is 6.24. The van der Waals surface area contributed by atoms with Crippen LogP contribution in [0.25, 0.3) is 22.0 Å². The zero-order valence-corrected chi connectivity index (χ0v) is 21.4. The largest absolute Gasteiger partial charge is 0.443 e. The van der Waals surface area contributed by atoms with Crippen molar-refractivity contribution in [2.24, 2.45) is 0 Å². The number of carbonyl (C=O) groups is 1. The van der Waals surface area contributed by atoms with Gasteiger partial charge >= 0.3 is 6.09 Å². The molecule has 0 aliphatic carbocycles. The summed E-state index contributed by atoms with van der Waals surface area (Å²) in [6.45, 7) is 9.59. The number of alkyl carbamates (subject to hydrolysis) is 1. The number of H-pyrrole nitrogens is 1. The number of carbonyl (C=O) groups excluding carboxylic acids is 1. The third kappa shape index (κ3) is 4.58. The van der Waals surface area contributed by atoms with Gasteiger partial charge < -0.3 is 20.4 Å². The molecule has 35 heavy (non-hydrogen) atoms. The summed E-state index contributed by atoms with van der Waals surface area (Å²) in [5, 5.41) is 7.26. The van der Waals surface area contributed by atoms with E-state index in [1.54, 1.807) is 24.4 Å². The van der Waals surface area contributed by atoms with Gasteiger partial charge in [-0.05, 0) is 38.3 Å². The fourth-order valence-corrected chi connectivity index (χ4v) is 5.36. The van der Waals surface area contributed by atoms with Crippen molar-refractivity contribution in [2.45, 2.75) is 77.5 Å². The minimum Gasteiger partial charge on any atom is -0.443 e. The SMILES string of the molecule is CCCC(CC)NC(=O)OC1[C@@H](C)c2cc(-c3cccc4c(Cl)c[nH]c34)c(F)c(F)c2NC1(C)C. The number of anilines is 1. The van der Waals surface area contributed by atoms with E-state index < -0.39 is 35.3 Å². The Labute approximate surface area is 209 Å². The first-order valence-electron chi connectivity index (χ1n) is 12.1. The van der Waals surface area contributed by atoms with Crippen LogP contribution in [0.2, 0.25) is 5.02 Å². The van der Waals surface area contributed by atoms with Gasteiger partial charge in [0.25, 0.3) is 0 Å². The van der Waals surface area contributed by atoms with Gasteiger partial charge in [0.1, 0.15) is 6.10 Å². The van der Waals surface area contributed by atoms with E-state index in [9.17, 15) is 4.79 Å². The zero-order chi connectivity index (χ0) is 25.5. The van der Waals surface area contributed by atoms with Crippen molar-refractivity contribution in [3.05, 3.63) is 52.7 Å². The Balaban J connectivity index is 1.73. The third-order valence-corrected chi connectivity index (χ3v) is 7.29. The van der Waals surface area contributed by atoms with E-state index in [1.807, 2.05) is 33.8 Å². The highest BCUT2D eigenvalue weighted by molar-refractivity contribution is 6.36. The van der Waals surface area contributed by atoms with E-state index in [4.69, 9.17) is 16.3 Å². The van der Waals surface area contributed by atoms with Crippen molar-refractivity contribution in [2.75, 3.05) is 5.32 Å². The summed E-state index contributed by atoms with van der Waals surface area (Å²) in [7, 11) is 0. The highest BCUT2D eigenvalue weighted by atomic mass is 35.5. The lowest BCUT2D eigenvalue weighted by Crippen LogP contribution is -2.53. The summed E-state index contributed by atoms with van der Waals surface area (Å²) in [4.78, 5) is 15.8. The Kier molecular flexibility index (Phi) is 7.00. The van der Waals surface area contributed by atoms with E-state index in [1.165, 1.54) is 0 Å². The molecular weight excluding hydrogens is 472 g/mol. The van der Waals surface area contributed by atoms with Gasteiger partial charge in [-0.1, -0.05) is 57.0 Å². The molecule has 188 valence electrons. The first kappa shape index (κ1) is 25.3. The van der Waals surface area contributed by atoms with Crippen molar-refractivity contribution in [1.82, 2.24) is 10.3 Å². The van der Waals surface area contributed by atoms with Crippen LogP contribution in [-0.2, 0) is 4.74 Å². The van der Waals surface area contributed by atoms with Crippen LogP contribution in [0.4, 0.5) is 19.3 Å². The summed E-state index contributed by atoms with van der Waals surface area (Å²) in [6, 6.07) is 6.98. The molecule has 0 saturated carbocycles. The lowest BCUT2D eigenvalue weighted by Gasteiger charge is -2.44. The van der Waals surface area contributed by atoms with Crippen LogP contribution in [0, 0.1) is 11.6 Å². The molecule has 3 aromatic rings. The Morgan fingerprint density at radius 1 is 1.23 bits per heavy atom. The molecule has 1 amide bonds. The maximum Gasteiger partial charge on any atom is 0.407 e. The Bertz CT molecular complexity index is 1260. The number of amides is 1. The molecule has 3 N–H and O–H groups in total. The van der Waals surface area contributed by atoms with Crippen molar-refractivity contribution in [3.63, 3.8) is 0 Å². The lowest BCUT2D eigenvalue weighted by molar-refractivity contribution is 0.0450. The first-order valence-corrected chi connectivity index (χ1v) is 12.5. The van der Waals surface area contributed by atoms with Crippen LogP contribution < -0.4 is 10.6 Å². The molecule has 2 aromatic carbocycles. The number of ether oxygens (including phenoxy) is 1. The van der Waals surface area contributed by atoms with Gasteiger partial charge in [-0.15, -0.1) is 0 Å². The highest BCUT2D eigenvalue weighted by Crippen LogP contribution is 2.45. The van der Waals surface area contributed by atoms with E-state index in [0.29, 0.717) is 21.7 Å². The summed E-state index contributed by atoms with van der Waals surface area (Å²) in [5.41, 5.74) is 1.07. The van der Waals surface area contributed by atoms with Crippen molar-refractivity contribution in [1.29, 1.82) is 0 Å². The summed E-state index contributed by atoms with van der Waals surface area (Å²) in [5.74, 6) is -2.29. The molecule has 0 bridgehead atoms. The molecule has 0 radical (unpaired) electrons. The molecule has 5 nitrogen and oxygen atoms in total. The Hall–Kier alpha value is -2.80. The molecule has 0 fully saturated rings. The van der Waals surface area contributed by atoms with Gasteiger partial charge in [0.15, 0.2) is 11.6 Å². The second-order valence-corrected chi connectivity index (χ2v) is 10.3. The number of aromatic nitrogens is 1. The quantitative estimate of drug-likeness (QED) is 0.322. The second kappa shape index (κ2) is 9.69. The number of nitrogens with one attached hydrogen (secondary N) is 3. The van der Waals surface area contributed by atoms with Crippen molar-refractivity contribution in [3.8, 4) is 11.1 Å². The van der Waals surface area contributed by atoms with Crippen molar-refractivity contribution >= 4 is 34.3 Å². The van der Waals surface area contributed by atoms with Crippen LogP contribution in [-0.4, -0.2) is 28.8 Å². The minimum atomic E-state index is -0.955. The Morgan fingerprint density at radius 3 is 2.66 bits per heavy atom. The third-order valence-electron chi connectivity index (χ3n) is 6.98. The second-order valence-electron chi connectivity index (χ2n) is 9.88. The van der Waals surface area contributed by atoms with E-state index in [0.717, 1.165) is 24.6 Å². The van der Waals surface area contributed by atoms with Crippen LogP contribution in [0.1, 0.15) is 65.4 Å². The standard InChI is InChI=1S/C27H32ClF2N3O2/c1-6-9-15(7-2)32-26(34)35-25-14(3)18-12-19(21(29)22(30)24(18)33-27(25,4)5)16-10-8-11-17-20(28)13-31-23(16)17/h8,10-15,25,31,33H,6-7,9H2,1-5H3,(H,32,34)/t14-,15?,25?/m0/s1. The maximum absolute atomic E-state index is 15.4. The molecule has 0 spiro atoms. The van der Waals surface area contributed by atoms with Gasteiger partial charge in [-0.2, -0.15) is 0 Å². The molecule has 4 rings (SSSR count). The Morgan fingerprint density at radius 2 is 1.97 bits per heavy atom. The highest BCUT2D eigenvalue weighted by Gasteiger charge is 2.44. The lowest BCUT2D eigenvalue weighted by atomic mass is 9.78. The van der Waals surface area contributed by atoms with Gasteiger partial charge in [0.2, 0.25) is 0 Å². The first-order chi connectivity index (χ1) is 16.6. The smallest absolute Gasteiger partial charge is 0.407 e. The van der Waals surface area contributed by atoms with Crippen LogP contribution >= 0.6 is 11.6 Å². The topological polar surface area (TPSA) is 66.1 Å². The van der Waals surface area contributed by atoms with Gasteiger partial charge in [-0.3, -0.25) is 0 Å². The van der Waals surface area contributed by atoms with Crippen LogP contribution in [0.3, 0.4) is 0 Å². The molecule has 1 aliphatic rings. The normalized spacial score (nSPS) is 19.7. The summed E-state index contributed by atoms with van der Waals surface area (Å²) < 4.78 is 36.7. The summed E-state index contributed by atoms with van der Waals surface area (Å²) in [6.07, 6.45) is 3.12. The van der Waals surface area contributed by atoms with E-state index in [2.05, 4.69) is 22.5 Å². The molecule has 1 aromatic heterocycles. The number of fused-ring (bicyclic) bond motifs is 2. The molecule has 2 heterocycles. The van der Waals surface area contributed by atoms with Crippen LogP contribution in [0.5, 0.6) is 0 Å². The average Bonchev–Trinajstić information content (AvgIpc) is 3.20. The molecule has 8 heteroatoms. The zero-order valence-electron chi connectivity index (χ0n) is 20.7. The number of rotatable bonds is 6. The van der Waals surface area contributed by atoms with Gasteiger partial charge in [0.05, 0.1) is 21.8 Å². The number of hydrogen-bond donors (Lipinski definition) is 3. The predicted molar refractivity (Wildman–Crippen MR) is 137 cm³/mol. The molecule has 1 aliphatic heterocycles. The van der Waals surface area contributed by atoms with Crippen molar-refractivity contribution < 1.29 is 18.3 Å². The van der Waals surface area contributed by atoms with Gasteiger partial charge in [-0.25, -0.2) is 13.6 Å². The number of halogens is 3. The molecule has 0 saturated heterocycles.